The van der Waals surface area contributed by atoms with Crippen molar-refractivity contribution in [2.45, 2.75) is 32.4 Å². The summed E-state index contributed by atoms with van der Waals surface area (Å²) in [5, 5.41) is 8.96. The normalized spacial score (nSPS) is 32.3. The van der Waals surface area contributed by atoms with Crippen molar-refractivity contribution in [3.8, 4) is 0 Å². The number of rotatable bonds is 3. The van der Waals surface area contributed by atoms with E-state index in [0.717, 1.165) is 26.1 Å². The average Bonchev–Trinajstić information content (AvgIpc) is 2.04. The molecular formula is C10H22N2O. The predicted octanol–water partition coefficient (Wildman–Crippen LogP) is 0.393. The lowest BCUT2D eigenvalue weighted by molar-refractivity contribution is 0.0354. The van der Waals surface area contributed by atoms with Crippen molar-refractivity contribution < 1.29 is 5.11 Å². The molecule has 1 heterocycles. The summed E-state index contributed by atoms with van der Waals surface area (Å²) >= 11 is 0. The molecule has 13 heavy (non-hydrogen) atoms. The summed E-state index contributed by atoms with van der Waals surface area (Å²) in [4.78, 5) is 4.85. The molecule has 0 aromatic rings. The number of hydrogen-bond acceptors (Lipinski definition) is 3. The smallest absolute Gasteiger partial charge is 0.0446 e. The van der Waals surface area contributed by atoms with Crippen LogP contribution in [0.15, 0.2) is 0 Å². The van der Waals surface area contributed by atoms with Gasteiger partial charge in [-0.15, -0.1) is 0 Å². The minimum atomic E-state index is 0.307. The van der Waals surface area contributed by atoms with Gasteiger partial charge in [-0.1, -0.05) is 6.92 Å². The van der Waals surface area contributed by atoms with Crippen molar-refractivity contribution >= 4 is 0 Å². The number of nitrogens with zero attached hydrogens (tertiary/aromatic N) is 2. The molecule has 1 fully saturated rings. The summed E-state index contributed by atoms with van der Waals surface area (Å²) in [7, 11) is 2.16. The fourth-order valence-electron chi connectivity index (χ4n) is 2.43. The van der Waals surface area contributed by atoms with Crippen molar-refractivity contribution in [1.29, 1.82) is 0 Å². The second-order valence-corrected chi connectivity index (χ2v) is 4.07. The molecule has 1 N–H and O–H groups in total. The van der Waals surface area contributed by atoms with Gasteiger partial charge in [-0.25, -0.2) is 0 Å². The quantitative estimate of drug-likeness (QED) is 0.691. The topological polar surface area (TPSA) is 26.7 Å². The Morgan fingerprint density at radius 1 is 1.38 bits per heavy atom. The van der Waals surface area contributed by atoms with E-state index in [1.807, 2.05) is 0 Å². The number of hydrogen-bond donors (Lipinski definition) is 1. The third-order valence-corrected chi connectivity index (χ3v) is 2.96. The van der Waals surface area contributed by atoms with Crippen molar-refractivity contribution in [2.75, 3.05) is 33.3 Å². The molecule has 0 saturated carbocycles. The maximum absolute atomic E-state index is 8.96. The van der Waals surface area contributed by atoms with Crippen LogP contribution in [0.5, 0.6) is 0 Å². The molecule has 1 aliphatic heterocycles. The molecule has 1 rings (SSSR count). The van der Waals surface area contributed by atoms with Crippen LogP contribution in [0.2, 0.25) is 0 Å². The van der Waals surface area contributed by atoms with E-state index in [2.05, 4.69) is 30.7 Å². The highest BCUT2D eigenvalue weighted by molar-refractivity contribution is 4.84. The van der Waals surface area contributed by atoms with Crippen LogP contribution >= 0.6 is 0 Å². The Kier molecular flexibility index (Phi) is 4.16. The van der Waals surface area contributed by atoms with Crippen LogP contribution in [0.1, 0.15) is 20.3 Å². The lowest BCUT2D eigenvalue weighted by Gasteiger charge is -2.44. The molecule has 0 aromatic carbocycles. The standard InChI is InChI=1S/C10H22N2O/c1-4-12-9(2)7-11(3)8-10(12)5-6-13/h9-10,13H,4-8H2,1-3H3. The lowest BCUT2D eigenvalue weighted by atomic mass is 10.1. The summed E-state index contributed by atoms with van der Waals surface area (Å²) < 4.78 is 0. The molecule has 3 nitrogen and oxygen atoms in total. The maximum Gasteiger partial charge on any atom is 0.0446 e. The third-order valence-electron chi connectivity index (χ3n) is 2.96. The van der Waals surface area contributed by atoms with Crippen molar-refractivity contribution in [2.24, 2.45) is 0 Å². The Labute approximate surface area is 81.3 Å². The Hall–Kier alpha value is -0.120. The third kappa shape index (κ3) is 2.66. The van der Waals surface area contributed by atoms with E-state index in [1.165, 1.54) is 0 Å². The highest BCUT2D eigenvalue weighted by Gasteiger charge is 2.28. The summed E-state index contributed by atoms with van der Waals surface area (Å²) in [6.07, 6.45) is 0.905. The zero-order valence-corrected chi connectivity index (χ0v) is 9.03. The minimum absolute atomic E-state index is 0.307. The first-order valence-corrected chi connectivity index (χ1v) is 5.24. The molecule has 2 atom stereocenters. The van der Waals surface area contributed by atoms with Gasteiger partial charge in [0.25, 0.3) is 0 Å². The van der Waals surface area contributed by atoms with Crippen molar-refractivity contribution in [1.82, 2.24) is 9.80 Å². The van der Waals surface area contributed by atoms with E-state index >= 15 is 0 Å². The molecule has 0 amide bonds. The van der Waals surface area contributed by atoms with Crippen LogP contribution in [0.3, 0.4) is 0 Å². The van der Waals surface area contributed by atoms with Crippen molar-refractivity contribution in [3.05, 3.63) is 0 Å². The van der Waals surface area contributed by atoms with E-state index < -0.39 is 0 Å². The fraction of sp³-hybridized carbons (Fsp3) is 1.00. The first-order valence-electron chi connectivity index (χ1n) is 5.24. The van der Waals surface area contributed by atoms with Crippen LogP contribution in [0.4, 0.5) is 0 Å². The van der Waals surface area contributed by atoms with Crippen LogP contribution in [-0.4, -0.2) is 60.3 Å². The van der Waals surface area contributed by atoms with Crippen LogP contribution in [0.25, 0.3) is 0 Å². The number of piperazine rings is 1. The summed E-state index contributed by atoms with van der Waals surface area (Å²) in [5.74, 6) is 0. The second kappa shape index (κ2) is 4.94. The van der Waals surface area contributed by atoms with Gasteiger partial charge in [0.1, 0.15) is 0 Å². The van der Waals surface area contributed by atoms with Crippen LogP contribution < -0.4 is 0 Å². The molecular weight excluding hydrogens is 164 g/mol. The molecule has 2 unspecified atom stereocenters. The summed E-state index contributed by atoms with van der Waals surface area (Å²) in [5.41, 5.74) is 0. The number of likely N-dealkylation sites (N-methyl/N-ethyl adjacent to an activating group) is 2. The Morgan fingerprint density at radius 3 is 2.62 bits per heavy atom. The SMILES string of the molecule is CCN1C(C)CN(C)CC1CCO. The van der Waals surface area contributed by atoms with E-state index in [0.29, 0.717) is 18.7 Å². The molecule has 0 aliphatic carbocycles. The largest absolute Gasteiger partial charge is 0.396 e. The van der Waals surface area contributed by atoms with Gasteiger partial charge in [0.05, 0.1) is 0 Å². The van der Waals surface area contributed by atoms with Gasteiger partial charge in [-0.05, 0) is 26.9 Å². The average molecular weight is 186 g/mol. The maximum atomic E-state index is 8.96. The minimum Gasteiger partial charge on any atom is -0.396 e. The van der Waals surface area contributed by atoms with Crippen LogP contribution in [-0.2, 0) is 0 Å². The first-order chi connectivity index (χ1) is 6.19. The Bertz CT molecular complexity index is 152. The fourth-order valence-corrected chi connectivity index (χ4v) is 2.43. The highest BCUT2D eigenvalue weighted by atomic mass is 16.3. The Balaban J connectivity index is 2.54. The highest BCUT2D eigenvalue weighted by Crippen LogP contribution is 2.16. The van der Waals surface area contributed by atoms with Gasteiger partial charge < -0.3 is 10.0 Å². The number of aliphatic hydroxyl groups is 1. The molecule has 0 radical (unpaired) electrons. The van der Waals surface area contributed by atoms with Gasteiger partial charge in [0, 0.05) is 31.8 Å². The van der Waals surface area contributed by atoms with Gasteiger partial charge in [-0.2, -0.15) is 0 Å². The predicted molar refractivity (Wildman–Crippen MR) is 54.8 cm³/mol. The lowest BCUT2D eigenvalue weighted by Crippen LogP contribution is -2.56. The van der Waals surface area contributed by atoms with E-state index in [4.69, 9.17) is 5.11 Å². The Morgan fingerprint density at radius 2 is 2.08 bits per heavy atom. The molecule has 3 heteroatoms. The van der Waals surface area contributed by atoms with E-state index in [1.54, 1.807) is 0 Å². The zero-order chi connectivity index (χ0) is 9.84. The van der Waals surface area contributed by atoms with Gasteiger partial charge in [0.2, 0.25) is 0 Å². The molecule has 1 saturated heterocycles. The number of aliphatic hydroxyl groups excluding tert-OH is 1. The monoisotopic (exact) mass is 186 g/mol. The van der Waals surface area contributed by atoms with Crippen molar-refractivity contribution in [3.63, 3.8) is 0 Å². The first kappa shape index (κ1) is 11.0. The zero-order valence-electron chi connectivity index (χ0n) is 9.03. The molecule has 0 bridgehead atoms. The van der Waals surface area contributed by atoms with Crippen LogP contribution in [0, 0.1) is 0 Å². The summed E-state index contributed by atoms with van der Waals surface area (Å²) in [6, 6.07) is 1.17. The van der Waals surface area contributed by atoms with E-state index in [9.17, 15) is 0 Å². The molecule has 78 valence electrons. The van der Waals surface area contributed by atoms with Gasteiger partial charge >= 0.3 is 0 Å². The van der Waals surface area contributed by atoms with Gasteiger partial charge in [0.15, 0.2) is 0 Å². The van der Waals surface area contributed by atoms with Gasteiger partial charge in [-0.3, -0.25) is 4.90 Å². The summed E-state index contributed by atoms with van der Waals surface area (Å²) in [6.45, 7) is 8.12. The second-order valence-electron chi connectivity index (χ2n) is 4.07. The molecule has 0 spiro atoms. The molecule has 1 aliphatic rings. The molecule has 0 aromatic heterocycles. The van der Waals surface area contributed by atoms with E-state index in [-0.39, 0.29) is 0 Å².